The summed E-state index contributed by atoms with van der Waals surface area (Å²) in [6.45, 7) is 2.71. The predicted octanol–water partition coefficient (Wildman–Crippen LogP) is 1.62. The van der Waals surface area contributed by atoms with Crippen LogP contribution in [0.4, 0.5) is 5.95 Å². The topological polar surface area (TPSA) is 84.3 Å². The van der Waals surface area contributed by atoms with Crippen LogP contribution in [-0.4, -0.2) is 36.5 Å². The fraction of sp³-hybridized carbons (Fsp3) is 0.200. The van der Waals surface area contributed by atoms with Crippen LogP contribution in [0.3, 0.4) is 0 Å². The molecule has 0 amide bonds. The number of hydrogen-bond acceptors (Lipinski definition) is 5. The van der Waals surface area contributed by atoms with E-state index in [4.69, 9.17) is 11.6 Å². The Bertz CT molecular complexity index is 686. The van der Waals surface area contributed by atoms with Gasteiger partial charge in [0.2, 0.25) is 5.95 Å². The lowest BCUT2D eigenvalue weighted by atomic mass is 10.4. The molecule has 18 heavy (non-hydrogen) atoms. The Labute approximate surface area is 107 Å². The van der Waals surface area contributed by atoms with Crippen LogP contribution in [0.25, 0.3) is 16.9 Å². The third-order valence-corrected chi connectivity index (χ3v) is 2.59. The lowest BCUT2D eigenvalue weighted by Crippen LogP contribution is -2.06. The van der Waals surface area contributed by atoms with Crippen molar-refractivity contribution < 1.29 is 0 Å². The van der Waals surface area contributed by atoms with Crippen molar-refractivity contribution in [3.05, 3.63) is 23.6 Å². The summed E-state index contributed by atoms with van der Waals surface area (Å²) in [6, 6.07) is 0. The smallest absolute Gasteiger partial charge is 0.226 e. The number of aromatic amines is 1. The molecule has 0 atom stereocenters. The maximum absolute atomic E-state index is 5.87. The Kier molecular flexibility index (Phi) is 2.60. The SMILES string of the molecule is CCNc1nc(-n2cc(Cl)cn2)c2cn[nH]c2n1. The maximum Gasteiger partial charge on any atom is 0.226 e. The Morgan fingerprint density at radius 3 is 3.00 bits per heavy atom. The summed E-state index contributed by atoms with van der Waals surface area (Å²) >= 11 is 5.87. The minimum atomic E-state index is 0.524. The molecular weight excluding hydrogens is 254 g/mol. The van der Waals surface area contributed by atoms with E-state index in [0.717, 1.165) is 11.9 Å². The third kappa shape index (κ3) is 1.78. The van der Waals surface area contributed by atoms with Gasteiger partial charge in [0.1, 0.15) is 0 Å². The summed E-state index contributed by atoms with van der Waals surface area (Å²) in [5, 5.41) is 15.3. The number of H-pyrrole nitrogens is 1. The van der Waals surface area contributed by atoms with Crippen molar-refractivity contribution in [1.82, 2.24) is 29.9 Å². The molecule has 0 aliphatic heterocycles. The second-order valence-corrected chi connectivity index (χ2v) is 4.07. The van der Waals surface area contributed by atoms with Crippen molar-refractivity contribution in [1.29, 1.82) is 0 Å². The number of anilines is 1. The number of nitrogens with zero attached hydrogens (tertiary/aromatic N) is 5. The van der Waals surface area contributed by atoms with Crippen LogP contribution < -0.4 is 5.32 Å². The summed E-state index contributed by atoms with van der Waals surface area (Å²) in [6.07, 6.45) is 4.91. The number of hydrogen-bond donors (Lipinski definition) is 2. The molecule has 0 saturated heterocycles. The molecule has 0 aliphatic rings. The molecule has 3 aromatic rings. The van der Waals surface area contributed by atoms with Crippen molar-refractivity contribution in [3.63, 3.8) is 0 Å². The van der Waals surface area contributed by atoms with Gasteiger partial charge < -0.3 is 5.32 Å². The van der Waals surface area contributed by atoms with E-state index in [-0.39, 0.29) is 0 Å². The molecule has 0 aliphatic carbocycles. The zero-order valence-corrected chi connectivity index (χ0v) is 10.3. The molecule has 3 aromatic heterocycles. The first-order valence-corrected chi connectivity index (χ1v) is 5.81. The fourth-order valence-corrected chi connectivity index (χ4v) is 1.78. The molecule has 0 unspecified atom stereocenters. The van der Waals surface area contributed by atoms with Gasteiger partial charge in [-0.3, -0.25) is 5.10 Å². The van der Waals surface area contributed by atoms with Gasteiger partial charge in [-0.2, -0.15) is 20.2 Å². The van der Waals surface area contributed by atoms with E-state index in [0.29, 0.717) is 22.4 Å². The van der Waals surface area contributed by atoms with Gasteiger partial charge >= 0.3 is 0 Å². The normalized spacial score (nSPS) is 11.0. The van der Waals surface area contributed by atoms with Gasteiger partial charge in [0.05, 0.1) is 29.0 Å². The zero-order valence-electron chi connectivity index (χ0n) is 9.55. The first-order chi connectivity index (χ1) is 8.78. The number of fused-ring (bicyclic) bond motifs is 1. The van der Waals surface area contributed by atoms with Crippen molar-refractivity contribution in [3.8, 4) is 5.82 Å². The average Bonchev–Trinajstić information content (AvgIpc) is 2.97. The number of nitrogens with one attached hydrogen (secondary N) is 2. The van der Waals surface area contributed by atoms with E-state index in [1.54, 1.807) is 23.3 Å². The largest absolute Gasteiger partial charge is 0.354 e. The van der Waals surface area contributed by atoms with Gasteiger partial charge in [0.15, 0.2) is 11.5 Å². The molecule has 0 fully saturated rings. The minimum Gasteiger partial charge on any atom is -0.354 e. The molecular formula is C10H10ClN7. The first-order valence-electron chi connectivity index (χ1n) is 5.43. The Morgan fingerprint density at radius 2 is 2.28 bits per heavy atom. The zero-order chi connectivity index (χ0) is 12.5. The van der Waals surface area contributed by atoms with Crippen molar-refractivity contribution in [2.24, 2.45) is 0 Å². The van der Waals surface area contributed by atoms with Crippen LogP contribution in [0, 0.1) is 0 Å². The number of aromatic nitrogens is 6. The van der Waals surface area contributed by atoms with Gasteiger partial charge in [0, 0.05) is 6.54 Å². The van der Waals surface area contributed by atoms with E-state index < -0.39 is 0 Å². The van der Waals surface area contributed by atoms with Crippen molar-refractivity contribution in [2.45, 2.75) is 6.92 Å². The van der Waals surface area contributed by atoms with Crippen molar-refractivity contribution >= 4 is 28.6 Å². The van der Waals surface area contributed by atoms with E-state index in [2.05, 4.69) is 30.6 Å². The highest BCUT2D eigenvalue weighted by Gasteiger charge is 2.11. The van der Waals surface area contributed by atoms with Crippen LogP contribution in [0.5, 0.6) is 0 Å². The van der Waals surface area contributed by atoms with E-state index in [1.807, 2.05) is 6.92 Å². The number of rotatable bonds is 3. The van der Waals surface area contributed by atoms with Gasteiger partial charge in [0.25, 0.3) is 0 Å². The fourth-order valence-electron chi connectivity index (χ4n) is 1.65. The van der Waals surface area contributed by atoms with Gasteiger partial charge in [-0.25, -0.2) is 4.68 Å². The number of halogens is 1. The van der Waals surface area contributed by atoms with Crippen LogP contribution >= 0.6 is 11.6 Å². The monoisotopic (exact) mass is 263 g/mol. The maximum atomic E-state index is 5.87. The van der Waals surface area contributed by atoms with Crippen LogP contribution in [0.1, 0.15) is 6.92 Å². The highest BCUT2D eigenvalue weighted by Crippen LogP contribution is 2.19. The third-order valence-electron chi connectivity index (χ3n) is 2.39. The Morgan fingerprint density at radius 1 is 1.39 bits per heavy atom. The summed E-state index contributed by atoms with van der Waals surface area (Å²) < 4.78 is 1.60. The van der Waals surface area contributed by atoms with E-state index in [1.165, 1.54) is 0 Å². The molecule has 8 heteroatoms. The molecule has 2 N–H and O–H groups in total. The van der Waals surface area contributed by atoms with Crippen LogP contribution in [-0.2, 0) is 0 Å². The summed E-state index contributed by atoms with van der Waals surface area (Å²) in [4.78, 5) is 8.71. The molecule has 0 radical (unpaired) electrons. The highest BCUT2D eigenvalue weighted by atomic mass is 35.5. The second kappa shape index (κ2) is 4.26. The van der Waals surface area contributed by atoms with E-state index in [9.17, 15) is 0 Å². The van der Waals surface area contributed by atoms with Gasteiger partial charge in [-0.15, -0.1) is 0 Å². The standard InChI is InChI=1S/C10H10ClN7/c1-2-12-10-15-8-7(4-13-17-8)9(16-10)18-5-6(11)3-14-18/h3-5H,2H2,1H3,(H2,12,13,15,16,17). The molecule has 0 bridgehead atoms. The molecule has 0 saturated carbocycles. The predicted molar refractivity (Wildman–Crippen MR) is 68.0 cm³/mol. The lowest BCUT2D eigenvalue weighted by Gasteiger charge is -2.05. The molecule has 0 spiro atoms. The summed E-state index contributed by atoms with van der Waals surface area (Å²) in [5.41, 5.74) is 0.655. The average molecular weight is 264 g/mol. The molecule has 3 rings (SSSR count). The van der Waals surface area contributed by atoms with E-state index >= 15 is 0 Å². The van der Waals surface area contributed by atoms with Crippen LogP contribution in [0.2, 0.25) is 5.02 Å². The van der Waals surface area contributed by atoms with Gasteiger partial charge in [-0.1, -0.05) is 11.6 Å². The summed E-state index contributed by atoms with van der Waals surface area (Å²) in [5.74, 6) is 1.16. The second-order valence-electron chi connectivity index (χ2n) is 3.64. The quantitative estimate of drug-likeness (QED) is 0.750. The Hall–Kier alpha value is -2.15. The highest BCUT2D eigenvalue weighted by molar-refractivity contribution is 6.30. The molecule has 7 nitrogen and oxygen atoms in total. The van der Waals surface area contributed by atoms with Crippen LogP contribution in [0.15, 0.2) is 18.6 Å². The first kappa shape index (κ1) is 11.0. The van der Waals surface area contributed by atoms with Gasteiger partial charge in [-0.05, 0) is 6.92 Å². The molecule has 3 heterocycles. The lowest BCUT2D eigenvalue weighted by molar-refractivity contribution is 0.851. The Balaban J connectivity index is 2.22. The molecule has 0 aromatic carbocycles. The molecule has 92 valence electrons. The minimum absolute atomic E-state index is 0.524. The van der Waals surface area contributed by atoms with Crippen molar-refractivity contribution in [2.75, 3.05) is 11.9 Å². The summed E-state index contributed by atoms with van der Waals surface area (Å²) in [7, 11) is 0.